The lowest BCUT2D eigenvalue weighted by Crippen LogP contribution is -2.35. The average molecular weight is 618 g/mol. The second kappa shape index (κ2) is 11.5. The second-order valence-electron chi connectivity index (χ2n) is 11.5. The predicted octanol–water partition coefficient (Wildman–Crippen LogP) is 5.02. The molecule has 224 valence electrons. The Balaban J connectivity index is 1.26. The van der Waals surface area contributed by atoms with E-state index in [1.807, 2.05) is 44.2 Å². The molecule has 2 aliphatic heterocycles. The Labute approximate surface area is 256 Å². The summed E-state index contributed by atoms with van der Waals surface area (Å²) in [6, 6.07) is 16.1. The van der Waals surface area contributed by atoms with Crippen LogP contribution in [-0.2, 0) is 36.0 Å². The minimum atomic E-state index is -3.73. The van der Waals surface area contributed by atoms with Crippen molar-refractivity contribution in [2.75, 3.05) is 18.4 Å². The molecule has 0 unspecified atom stereocenters. The summed E-state index contributed by atoms with van der Waals surface area (Å²) in [5, 5.41) is 7.87. The van der Waals surface area contributed by atoms with E-state index in [1.54, 1.807) is 0 Å². The molecular formula is C32H35N5O4S2. The van der Waals surface area contributed by atoms with Gasteiger partial charge < -0.3 is 5.32 Å². The number of carbonyl (C=O) groups excluding carboxylic acids is 2. The van der Waals surface area contributed by atoms with Gasteiger partial charge in [-0.2, -0.15) is 9.40 Å². The summed E-state index contributed by atoms with van der Waals surface area (Å²) in [6.07, 6.45) is 1.36. The van der Waals surface area contributed by atoms with Gasteiger partial charge in [-0.3, -0.25) is 14.5 Å². The molecule has 0 bridgehead atoms. The van der Waals surface area contributed by atoms with E-state index in [9.17, 15) is 18.0 Å². The van der Waals surface area contributed by atoms with Gasteiger partial charge in [0.05, 0.1) is 16.2 Å². The molecule has 0 aliphatic carbocycles. The number of aromatic nitrogens is 2. The third kappa shape index (κ3) is 5.58. The molecule has 11 heteroatoms. The molecule has 9 nitrogen and oxygen atoms in total. The molecule has 0 radical (unpaired) electrons. The molecule has 0 spiro atoms. The number of nitrogens with one attached hydrogen (secondary N) is 1. The highest BCUT2D eigenvalue weighted by Gasteiger charge is 2.32. The Morgan fingerprint density at radius 1 is 0.953 bits per heavy atom. The van der Waals surface area contributed by atoms with Gasteiger partial charge in [0, 0.05) is 48.4 Å². The number of nitrogens with zero attached hydrogens (tertiary/aromatic N) is 4. The van der Waals surface area contributed by atoms with Crippen LogP contribution < -0.4 is 5.32 Å². The van der Waals surface area contributed by atoms with Crippen LogP contribution in [0.15, 0.2) is 59.5 Å². The van der Waals surface area contributed by atoms with Crippen LogP contribution in [0.1, 0.15) is 67.5 Å². The minimum Gasteiger partial charge on any atom is -0.313 e. The summed E-state index contributed by atoms with van der Waals surface area (Å²) in [7, 11) is -3.73. The summed E-state index contributed by atoms with van der Waals surface area (Å²) >= 11 is 1.42. The molecule has 43 heavy (non-hydrogen) atoms. The Kier molecular flexibility index (Phi) is 7.84. The zero-order chi connectivity index (χ0) is 30.5. The molecule has 6 rings (SSSR count). The van der Waals surface area contributed by atoms with Crippen molar-refractivity contribution >= 4 is 38.2 Å². The van der Waals surface area contributed by atoms with Crippen LogP contribution in [0.25, 0.3) is 0 Å². The van der Waals surface area contributed by atoms with Crippen molar-refractivity contribution in [3.8, 4) is 0 Å². The highest BCUT2D eigenvalue weighted by Crippen LogP contribution is 2.38. The lowest BCUT2D eigenvalue weighted by atomic mass is 10.0. The number of benzene rings is 2. The molecule has 4 heterocycles. The summed E-state index contributed by atoms with van der Waals surface area (Å²) < 4.78 is 29.7. The second-order valence-corrected chi connectivity index (χ2v) is 14.5. The van der Waals surface area contributed by atoms with Gasteiger partial charge in [0.15, 0.2) is 0 Å². The van der Waals surface area contributed by atoms with Crippen LogP contribution in [-0.4, -0.2) is 58.3 Å². The zero-order valence-electron chi connectivity index (χ0n) is 24.8. The monoisotopic (exact) mass is 617 g/mol. The number of hydrogen-bond acceptors (Lipinski definition) is 7. The van der Waals surface area contributed by atoms with Crippen LogP contribution in [0.5, 0.6) is 0 Å². The fraction of sp³-hybridized carbons (Fsp3) is 0.344. The van der Waals surface area contributed by atoms with Crippen LogP contribution >= 0.6 is 11.3 Å². The Morgan fingerprint density at radius 2 is 1.67 bits per heavy atom. The Morgan fingerprint density at radius 3 is 2.35 bits per heavy atom. The number of thiophene rings is 1. The third-order valence-electron chi connectivity index (χ3n) is 8.31. The topological polar surface area (TPSA) is 105 Å². The molecule has 1 amide bonds. The number of amides is 1. The largest absolute Gasteiger partial charge is 0.313 e. The average Bonchev–Trinajstić information content (AvgIpc) is 3.53. The van der Waals surface area contributed by atoms with Gasteiger partial charge >= 0.3 is 0 Å². The van der Waals surface area contributed by atoms with Crippen LogP contribution in [0.3, 0.4) is 0 Å². The molecule has 2 aromatic carbocycles. The van der Waals surface area contributed by atoms with Gasteiger partial charge in [-0.05, 0) is 87.6 Å². The van der Waals surface area contributed by atoms with Crippen molar-refractivity contribution in [1.29, 1.82) is 0 Å². The van der Waals surface area contributed by atoms with Gasteiger partial charge in [-0.1, -0.05) is 24.3 Å². The summed E-state index contributed by atoms with van der Waals surface area (Å²) in [4.78, 5) is 30.8. The smallest absolute Gasteiger partial charge is 0.281 e. The van der Waals surface area contributed by atoms with E-state index in [2.05, 4.69) is 29.2 Å². The molecule has 2 aromatic heterocycles. The molecule has 0 saturated carbocycles. The van der Waals surface area contributed by atoms with Crippen molar-refractivity contribution in [2.24, 2.45) is 0 Å². The normalized spacial score (nSPS) is 15.7. The van der Waals surface area contributed by atoms with E-state index in [-0.39, 0.29) is 10.8 Å². The van der Waals surface area contributed by atoms with E-state index in [0.29, 0.717) is 54.6 Å². The summed E-state index contributed by atoms with van der Waals surface area (Å²) in [6.45, 7) is 10.2. The number of rotatable bonds is 6. The maximum absolute atomic E-state index is 13.8. The zero-order valence-corrected chi connectivity index (χ0v) is 26.4. The lowest BCUT2D eigenvalue weighted by Gasteiger charge is -2.30. The number of sulfonamides is 1. The summed E-state index contributed by atoms with van der Waals surface area (Å²) in [5.74, 6) is -0.668. The van der Waals surface area contributed by atoms with Crippen molar-refractivity contribution in [1.82, 2.24) is 19.0 Å². The number of hydrogen-bond donors (Lipinski definition) is 1. The van der Waals surface area contributed by atoms with E-state index in [1.165, 1.54) is 50.2 Å². The molecule has 0 fully saturated rings. The predicted molar refractivity (Wildman–Crippen MR) is 167 cm³/mol. The first kappa shape index (κ1) is 29.4. The highest BCUT2D eigenvalue weighted by molar-refractivity contribution is 7.89. The van der Waals surface area contributed by atoms with E-state index in [4.69, 9.17) is 0 Å². The minimum absolute atomic E-state index is 0.143. The van der Waals surface area contributed by atoms with Gasteiger partial charge in [0.2, 0.25) is 10.0 Å². The number of carbonyl (C=O) groups is 2. The van der Waals surface area contributed by atoms with Crippen molar-refractivity contribution in [3.63, 3.8) is 0 Å². The van der Waals surface area contributed by atoms with Gasteiger partial charge in [-0.15, -0.1) is 11.3 Å². The molecule has 1 N–H and O–H groups in total. The first-order valence-electron chi connectivity index (χ1n) is 14.5. The first-order valence-corrected chi connectivity index (χ1v) is 16.7. The molecular weight excluding hydrogens is 583 g/mol. The number of anilines is 1. The molecule has 0 saturated heterocycles. The third-order valence-corrected chi connectivity index (χ3v) is 11.3. The molecule has 0 atom stereocenters. The van der Waals surface area contributed by atoms with Crippen molar-refractivity contribution in [3.05, 3.63) is 98.7 Å². The quantitative estimate of drug-likeness (QED) is 0.326. The van der Waals surface area contributed by atoms with Crippen molar-refractivity contribution < 1.29 is 18.0 Å². The Bertz CT molecular complexity index is 1820. The lowest BCUT2D eigenvalue weighted by molar-refractivity contribution is 0.0941. The molecule has 2 aliphatic rings. The van der Waals surface area contributed by atoms with Gasteiger partial charge in [0.1, 0.15) is 5.00 Å². The highest BCUT2D eigenvalue weighted by atomic mass is 32.2. The maximum atomic E-state index is 13.8. The van der Waals surface area contributed by atoms with Gasteiger partial charge in [0.25, 0.3) is 11.8 Å². The van der Waals surface area contributed by atoms with Crippen LogP contribution in [0.2, 0.25) is 0 Å². The SMILES string of the molecule is Cc1cc(C)n(C(=O)c2c(NC(=O)c3ccc(S(=O)(=O)N4CCc5ccccc5C4)cc3)sc3c2CCN(C(C)C)C3)n1. The van der Waals surface area contributed by atoms with E-state index in [0.717, 1.165) is 33.9 Å². The Hall–Kier alpha value is -3.64. The van der Waals surface area contributed by atoms with Crippen LogP contribution in [0.4, 0.5) is 5.00 Å². The fourth-order valence-electron chi connectivity index (χ4n) is 5.90. The molecule has 4 aromatic rings. The number of aryl methyl sites for hydroxylation is 2. The van der Waals surface area contributed by atoms with Gasteiger partial charge in [-0.25, -0.2) is 13.1 Å². The number of fused-ring (bicyclic) bond motifs is 2. The first-order chi connectivity index (χ1) is 20.5. The fourth-order valence-corrected chi connectivity index (χ4v) is 8.58. The van der Waals surface area contributed by atoms with E-state index < -0.39 is 15.9 Å². The van der Waals surface area contributed by atoms with E-state index >= 15 is 0 Å². The van der Waals surface area contributed by atoms with Crippen LogP contribution in [0, 0.1) is 13.8 Å². The van der Waals surface area contributed by atoms with Crippen molar-refractivity contribution in [2.45, 2.75) is 64.6 Å². The standard InChI is InChI=1S/C32H35N5O4S2/c1-20(2)35-15-14-27-28(19-35)42-31(29(27)32(39)37-22(4)17-21(3)34-37)33-30(38)24-9-11-26(12-10-24)43(40,41)36-16-13-23-7-5-6-8-25(23)18-36/h5-12,17,20H,13-16,18-19H2,1-4H3,(H,33,38). The maximum Gasteiger partial charge on any atom is 0.281 e. The summed E-state index contributed by atoms with van der Waals surface area (Å²) in [5.41, 5.74) is 5.40.